The molecule has 3 rings (SSSR count). The smallest absolute Gasteiger partial charge is 0.368 e. The lowest BCUT2D eigenvalue weighted by molar-refractivity contribution is -0.137. The van der Waals surface area contributed by atoms with Crippen LogP contribution < -0.4 is 10.2 Å². The Hall–Kier alpha value is -1.98. The van der Waals surface area contributed by atoms with Crippen molar-refractivity contribution in [3.05, 3.63) is 28.8 Å². The Morgan fingerprint density at radius 1 is 1.15 bits per heavy atom. The average molecular weight is 485 g/mol. The number of anilines is 1. The zero-order valence-corrected chi connectivity index (χ0v) is 19.6. The van der Waals surface area contributed by atoms with Gasteiger partial charge in [0.2, 0.25) is 5.91 Å². The fraction of sp³-hybridized carbons (Fsp3) is 0.667. The Kier molecular flexibility index (Phi) is 9.27. The van der Waals surface area contributed by atoms with Crippen LogP contribution in [0, 0.1) is 17.2 Å². The van der Waals surface area contributed by atoms with Crippen LogP contribution in [-0.4, -0.2) is 49.6 Å². The van der Waals surface area contributed by atoms with Gasteiger partial charge in [0.1, 0.15) is 0 Å². The van der Waals surface area contributed by atoms with Crippen LogP contribution in [0.1, 0.15) is 56.9 Å². The molecule has 182 valence electrons. The molecule has 5 nitrogen and oxygen atoms in total. The number of nitrogens with one attached hydrogen (secondary N) is 1. The van der Waals surface area contributed by atoms with Gasteiger partial charge in [0.25, 0.3) is 0 Å². The molecule has 1 aromatic carbocycles. The van der Waals surface area contributed by atoms with Gasteiger partial charge in [-0.15, -0.1) is 0 Å². The van der Waals surface area contributed by atoms with Gasteiger partial charge in [0, 0.05) is 45.1 Å². The standard InChI is InChI=1S/C24H32ClF3N4O/c25-21-9-6-19(24(26,27)28)17-22(21)32-15-13-31(14-16-32)12-10-18-4-7-20(8-5-18)30-23(33)3-1-2-11-29/h6,9,17-18,20H,1-5,7-8,10,12-16H2,(H,30,33). The van der Waals surface area contributed by atoms with Crippen LogP contribution in [0.5, 0.6) is 0 Å². The van der Waals surface area contributed by atoms with Gasteiger partial charge < -0.3 is 10.2 Å². The van der Waals surface area contributed by atoms with Crippen molar-refractivity contribution in [3.8, 4) is 6.07 Å². The lowest BCUT2D eigenvalue weighted by atomic mass is 9.84. The van der Waals surface area contributed by atoms with Crippen molar-refractivity contribution in [1.82, 2.24) is 10.2 Å². The summed E-state index contributed by atoms with van der Waals surface area (Å²) < 4.78 is 39.2. The van der Waals surface area contributed by atoms with Crippen molar-refractivity contribution in [1.29, 1.82) is 5.26 Å². The first kappa shape index (κ1) is 25.6. The van der Waals surface area contributed by atoms with E-state index < -0.39 is 11.7 Å². The van der Waals surface area contributed by atoms with Crippen LogP contribution in [0.25, 0.3) is 0 Å². The van der Waals surface area contributed by atoms with Gasteiger partial charge in [0.05, 0.1) is 22.3 Å². The normalized spacial score (nSPS) is 22.1. The predicted octanol–water partition coefficient (Wildman–Crippen LogP) is 5.24. The summed E-state index contributed by atoms with van der Waals surface area (Å²) in [4.78, 5) is 16.2. The molecule has 0 unspecified atom stereocenters. The van der Waals surface area contributed by atoms with Crippen molar-refractivity contribution in [2.24, 2.45) is 5.92 Å². The Morgan fingerprint density at radius 2 is 1.85 bits per heavy atom. The Bertz CT molecular complexity index is 826. The van der Waals surface area contributed by atoms with E-state index in [1.165, 1.54) is 6.07 Å². The Balaban J connectivity index is 1.36. The second-order valence-electron chi connectivity index (χ2n) is 9.08. The quantitative estimate of drug-likeness (QED) is 0.513. The fourth-order valence-electron chi connectivity index (χ4n) is 4.73. The van der Waals surface area contributed by atoms with E-state index in [1.807, 2.05) is 4.90 Å². The van der Waals surface area contributed by atoms with E-state index in [9.17, 15) is 18.0 Å². The van der Waals surface area contributed by atoms with E-state index in [1.54, 1.807) is 0 Å². The predicted molar refractivity (Wildman–Crippen MR) is 123 cm³/mol. The first-order chi connectivity index (χ1) is 15.8. The molecule has 33 heavy (non-hydrogen) atoms. The Labute approximate surface area is 198 Å². The van der Waals surface area contributed by atoms with Crippen molar-refractivity contribution in [2.75, 3.05) is 37.6 Å². The SMILES string of the molecule is N#CCCCC(=O)NC1CCC(CCN2CCN(c3cc(C(F)(F)F)ccc3Cl)CC2)CC1. The minimum absolute atomic E-state index is 0.0486. The number of nitrogens with zero attached hydrogens (tertiary/aromatic N) is 3. The van der Waals surface area contributed by atoms with Crippen molar-refractivity contribution in [2.45, 2.75) is 63.6 Å². The summed E-state index contributed by atoms with van der Waals surface area (Å²) in [6.07, 6.45) is 2.38. The monoisotopic (exact) mass is 484 g/mol. The third-order valence-electron chi connectivity index (χ3n) is 6.74. The van der Waals surface area contributed by atoms with Crippen LogP contribution >= 0.6 is 11.6 Å². The summed E-state index contributed by atoms with van der Waals surface area (Å²) in [5.74, 6) is 0.695. The molecule has 0 radical (unpaired) electrons. The molecule has 0 atom stereocenters. The van der Waals surface area contributed by atoms with E-state index in [0.29, 0.717) is 49.0 Å². The molecule has 2 fully saturated rings. The van der Waals surface area contributed by atoms with Gasteiger partial charge in [0.15, 0.2) is 0 Å². The largest absolute Gasteiger partial charge is 0.416 e. The highest BCUT2D eigenvalue weighted by Crippen LogP contribution is 2.36. The number of benzene rings is 1. The van der Waals surface area contributed by atoms with Gasteiger partial charge in [-0.1, -0.05) is 11.6 Å². The minimum Gasteiger partial charge on any atom is -0.368 e. The molecule has 1 aliphatic carbocycles. The molecule has 0 spiro atoms. The molecule has 1 saturated heterocycles. The Morgan fingerprint density at radius 3 is 2.48 bits per heavy atom. The number of hydrogen-bond donors (Lipinski definition) is 1. The van der Waals surface area contributed by atoms with Gasteiger partial charge in [-0.2, -0.15) is 18.4 Å². The van der Waals surface area contributed by atoms with E-state index in [4.69, 9.17) is 16.9 Å². The number of unbranched alkanes of at least 4 members (excludes halogenated alkanes) is 1. The van der Waals surface area contributed by atoms with Crippen LogP contribution in [0.15, 0.2) is 18.2 Å². The van der Waals surface area contributed by atoms with Crippen LogP contribution in [0.2, 0.25) is 5.02 Å². The number of halogens is 4. The molecular weight excluding hydrogens is 453 g/mol. The number of hydrogen-bond acceptors (Lipinski definition) is 4. The second kappa shape index (κ2) is 11.9. The number of carbonyl (C=O) groups is 1. The zero-order chi connectivity index (χ0) is 23.8. The molecule has 0 aromatic heterocycles. The third kappa shape index (κ3) is 7.79. The number of carbonyl (C=O) groups excluding carboxylic acids is 1. The summed E-state index contributed by atoms with van der Waals surface area (Å²) in [6, 6.07) is 5.81. The van der Waals surface area contributed by atoms with E-state index in [2.05, 4.69) is 16.3 Å². The molecule has 1 amide bonds. The van der Waals surface area contributed by atoms with Gasteiger partial charge in [-0.05, 0) is 69.2 Å². The first-order valence-corrected chi connectivity index (χ1v) is 12.1. The van der Waals surface area contributed by atoms with E-state index >= 15 is 0 Å². The molecule has 1 heterocycles. The molecule has 1 aliphatic heterocycles. The molecule has 2 aliphatic rings. The second-order valence-corrected chi connectivity index (χ2v) is 9.49. The molecular formula is C24H32ClF3N4O. The summed E-state index contributed by atoms with van der Waals surface area (Å²) in [7, 11) is 0. The number of alkyl halides is 3. The maximum absolute atomic E-state index is 13.1. The van der Waals surface area contributed by atoms with Crippen molar-refractivity contribution < 1.29 is 18.0 Å². The van der Waals surface area contributed by atoms with Gasteiger partial charge >= 0.3 is 6.18 Å². The molecule has 1 aromatic rings. The maximum Gasteiger partial charge on any atom is 0.416 e. The van der Waals surface area contributed by atoms with Crippen LogP contribution in [-0.2, 0) is 11.0 Å². The third-order valence-corrected chi connectivity index (χ3v) is 7.06. The highest BCUT2D eigenvalue weighted by atomic mass is 35.5. The zero-order valence-electron chi connectivity index (χ0n) is 18.8. The topological polar surface area (TPSA) is 59.4 Å². The highest BCUT2D eigenvalue weighted by molar-refractivity contribution is 6.33. The highest BCUT2D eigenvalue weighted by Gasteiger charge is 2.32. The van der Waals surface area contributed by atoms with Gasteiger partial charge in [-0.3, -0.25) is 9.69 Å². The lowest BCUT2D eigenvalue weighted by Crippen LogP contribution is -2.47. The average Bonchev–Trinajstić information content (AvgIpc) is 2.79. The maximum atomic E-state index is 13.1. The van der Waals surface area contributed by atoms with E-state index in [0.717, 1.165) is 63.9 Å². The number of piperazine rings is 1. The first-order valence-electron chi connectivity index (χ1n) is 11.8. The summed E-state index contributed by atoms with van der Waals surface area (Å²) in [6.45, 7) is 3.92. The van der Waals surface area contributed by atoms with Crippen molar-refractivity contribution in [3.63, 3.8) is 0 Å². The molecule has 1 saturated carbocycles. The van der Waals surface area contributed by atoms with Crippen LogP contribution in [0.4, 0.5) is 18.9 Å². The van der Waals surface area contributed by atoms with E-state index in [-0.39, 0.29) is 11.9 Å². The fourth-order valence-corrected chi connectivity index (χ4v) is 4.97. The summed E-state index contributed by atoms with van der Waals surface area (Å²) >= 11 is 6.19. The number of amides is 1. The molecule has 9 heteroatoms. The lowest BCUT2D eigenvalue weighted by Gasteiger charge is -2.37. The summed E-state index contributed by atoms with van der Waals surface area (Å²) in [5, 5.41) is 12.0. The minimum atomic E-state index is -4.37. The number of rotatable bonds is 8. The summed E-state index contributed by atoms with van der Waals surface area (Å²) in [5.41, 5.74) is -0.211. The van der Waals surface area contributed by atoms with Crippen molar-refractivity contribution >= 4 is 23.2 Å². The van der Waals surface area contributed by atoms with Gasteiger partial charge in [-0.25, -0.2) is 0 Å². The molecule has 0 bridgehead atoms. The van der Waals surface area contributed by atoms with Crippen LogP contribution in [0.3, 0.4) is 0 Å². The number of nitriles is 1. The molecule has 1 N–H and O–H groups in total.